The van der Waals surface area contributed by atoms with Gasteiger partial charge in [0.1, 0.15) is 19.2 Å². The second-order valence-corrected chi connectivity index (χ2v) is 10.2. The lowest BCUT2D eigenvalue weighted by molar-refractivity contribution is -0.932. The van der Waals surface area contributed by atoms with Crippen LogP contribution in [0.25, 0.3) is 0 Å². The highest BCUT2D eigenvalue weighted by Gasteiger charge is 2.58. The molecule has 1 aliphatic heterocycles. The molecule has 3 nitrogen and oxygen atoms in total. The van der Waals surface area contributed by atoms with Crippen molar-refractivity contribution in [3.8, 4) is 0 Å². The first kappa shape index (κ1) is 19.4. The van der Waals surface area contributed by atoms with Crippen LogP contribution >= 0.6 is 0 Å². The Kier molecular flexibility index (Phi) is 5.39. The number of aliphatic hydroxyl groups is 1. The molecule has 1 heterocycles. The molecule has 1 aromatic carbocycles. The number of nitrogens with zero attached hydrogens (tertiary/aromatic N) is 1. The van der Waals surface area contributed by atoms with E-state index in [0.717, 1.165) is 23.5 Å². The van der Waals surface area contributed by atoms with Crippen molar-refractivity contribution in [2.24, 2.45) is 23.2 Å². The second-order valence-electron chi connectivity index (χ2n) is 10.2. The number of ether oxygens (including phenoxy) is 1. The minimum atomic E-state index is -0.360. The second kappa shape index (κ2) is 7.50. The zero-order valence-corrected chi connectivity index (χ0v) is 17.4. The lowest BCUT2D eigenvalue weighted by atomic mass is 9.80. The quantitative estimate of drug-likeness (QED) is 0.725. The first-order chi connectivity index (χ1) is 12.9. The Morgan fingerprint density at radius 2 is 1.78 bits per heavy atom. The number of fused-ring (bicyclic) bond motifs is 2. The monoisotopic (exact) mass is 372 g/mol. The third-order valence-corrected chi connectivity index (χ3v) is 8.20. The van der Waals surface area contributed by atoms with Crippen molar-refractivity contribution in [2.45, 2.75) is 65.2 Å². The third-order valence-electron chi connectivity index (χ3n) is 8.20. The van der Waals surface area contributed by atoms with Gasteiger partial charge in [0.05, 0.1) is 25.8 Å². The molecule has 150 valence electrons. The van der Waals surface area contributed by atoms with Gasteiger partial charge in [0.2, 0.25) is 0 Å². The predicted molar refractivity (Wildman–Crippen MR) is 109 cm³/mol. The van der Waals surface area contributed by atoms with Crippen molar-refractivity contribution in [3.63, 3.8) is 0 Å². The highest BCUT2D eigenvalue weighted by atomic mass is 16.5. The van der Waals surface area contributed by atoms with Crippen molar-refractivity contribution in [1.29, 1.82) is 0 Å². The summed E-state index contributed by atoms with van der Waals surface area (Å²) in [6, 6.07) is 10.8. The van der Waals surface area contributed by atoms with E-state index in [4.69, 9.17) is 4.74 Å². The first-order valence-electron chi connectivity index (χ1n) is 11.1. The molecule has 0 aromatic heterocycles. The van der Waals surface area contributed by atoms with E-state index in [-0.39, 0.29) is 6.10 Å². The smallest absolute Gasteiger partial charge is 0.126 e. The lowest BCUT2D eigenvalue weighted by Gasteiger charge is -2.37. The van der Waals surface area contributed by atoms with Crippen LogP contribution in [0.1, 0.15) is 52.0 Å². The number of benzene rings is 1. The molecule has 3 heteroatoms. The van der Waals surface area contributed by atoms with E-state index in [1.54, 1.807) is 0 Å². The van der Waals surface area contributed by atoms with Crippen molar-refractivity contribution in [2.75, 3.05) is 26.2 Å². The molecule has 2 aliphatic carbocycles. The topological polar surface area (TPSA) is 29.5 Å². The number of hydrogen-bond donors (Lipinski definition) is 1. The van der Waals surface area contributed by atoms with Gasteiger partial charge in [-0.15, -0.1) is 0 Å². The first-order valence-corrected chi connectivity index (χ1v) is 11.1. The Labute approximate surface area is 165 Å². The molecule has 3 fully saturated rings. The van der Waals surface area contributed by atoms with E-state index in [0.29, 0.717) is 30.0 Å². The number of rotatable bonds is 7. The Morgan fingerprint density at radius 1 is 1.11 bits per heavy atom. The lowest BCUT2D eigenvalue weighted by Crippen LogP contribution is -2.50. The number of quaternary nitrogens is 1. The maximum Gasteiger partial charge on any atom is 0.126 e. The van der Waals surface area contributed by atoms with Crippen molar-refractivity contribution in [1.82, 2.24) is 0 Å². The third kappa shape index (κ3) is 3.71. The molecule has 27 heavy (non-hydrogen) atoms. The molecule has 0 amide bonds. The molecule has 0 unspecified atom stereocenters. The van der Waals surface area contributed by atoms with Crippen LogP contribution in [0, 0.1) is 23.2 Å². The van der Waals surface area contributed by atoms with Gasteiger partial charge in [-0.3, -0.25) is 0 Å². The van der Waals surface area contributed by atoms with E-state index in [2.05, 4.69) is 51.1 Å². The standard InChI is InChI=1S/C24H38NO2/c1-18-21-11-12-22(24(21,2)3)23(18)27-17-20(26)16-25(13-7-8-14-25)15-19-9-5-4-6-10-19/h4-6,9-10,18,20-23,26H,7-8,11-17H2,1-3H3/q+1/t18-,20+,21+,22+,23+/m0/s1. The van der Waals surface area contributed by atoms with E-state index in [1.165, 1.54) is 44.3 Å². The number of aliphatic hydroxyl groups excluding tert-OH is 1. The van der Waals surface area contributed by atoms with Crippen LogP contribution in [-0.4, -0.2) is 48.0 Å². The van der Waals surface area contributed by atoms with Crippen LogP contribution in [0.4, 0.5) is 0 Å². The van der Waals surface area contributed by atoms with Gasteiger partial charge in [0.25, 0.3) is 0 Å². The van der Waals surface area contributed by atoms with Gasteiger partial charge in [-0.1, -0.05) is 51.1 Å². The van der Waals surface area contributed by atoms with Gasteiger partial charge >= 0.3 is 0 Å². The van der Waals surface area contributed by atoms with Gasteiger partial charge in [-0.2, -0.15) is 0 Å². The molecule has 1 saturated heterocycles. The van der Waals surface area contributed by atoms with E-state index >= 15 is 0 Å². The molecule has 5 atom stereocenters. The van der Waals surface area contributed by atoms with Crippen LogP contribution in [0.15, 0.2) is 30.3 Å². The summed E-state index contributed by atoms with van der Waals surface area (Å²) >= 11 is 0. The maximum absolute atomic E-state index is 10.9. The van der Waals surface area contributed by atoms with Crippen molar-refractivity contribution < 1.29 is 14.3 Å². The fraction of sp³-hybridized carbons (Fsp3) is 0.750. The fourth-order valence-electron chi connectivity index (χ4n) is 6.87. The van der Waals surface area contributed by atoms with Gasteiger partial charge in [-0.05, 0) is 36.0 Å². The van der Waals surface area contributed by atoms with Gasteiger partial charge in [0.15, 0.2) is 0 Å². The summed E-state index contributed by atoms with van der Waals surface area (Å²) in [7, 11) is 0. The molecule has 0 spiro atoms. The van der Waals surface area contributed by atoms with Crippen LogP contribution in [0.5, 0.6) is 0 Å². The van der Waals surface area contributed by atoms with Gasteiger partial charge in [-0.25, -0.2) is 0 Å². The number of hydrogen-bond acceptors (Lipinski definition) is 2. The summed E-state index contributed by atoms with van der Waals surface area (Å²) in [4.78, 5) is 0. The molecule has 2 bridgehead atoms. The van der Waals surface area contributed by atoms with Crippen molar-refractivity contribution in [3.05, 3.63) is 35.9 Å². The zero-order chi connectivity index (χ0) is 19.1. The SMILES string of the molecule is C[C@@H]1[C@@H](OC[C@H](O)C[N+]2(Cc3ccccc3)CCCC2)[C@H]2CC[C@H]1C2(C)C. The average Bonchev–Trinajstić information content (AvgIpc) is 3.25. The van der Waals surface area contributed by atoms with Crippen LogP contribution < -0.4 is 0 Å². The highest BCUT2D eigenvalue weighted by Crippen LogP contribution is 2.60. The van der Waals surface area contributed by atoms with E-state index in [1.807, 2.05) is 0 Å². The minimum Gasteiger partial charge on any atom is -0.385 e. The predicted octanol–water partition coefficient (Wildman–Crippen LogP) is 4.25. The zero-order valence-electron chi connectivity index (χ0n) is 17.4. The normalized spacial score (nSPS) is 34.8. The molecule has 1 aromatic rings. The summed E-state index contributed by atoms with van der Waals surface area (Å²) in [5.41, 5.74) is 1.79. The Bertz CT molecular complexity index is 623. The average molecular weight is 373 g/mol. The van der Waals surface area contributed by atoms with Crippen LogP contribution in [0.3, 0.4) is 0 Å². The molecular weight excluding hydrogens is 334 g/mol. The summed E-state index contributed by atoms with van der Waals surface area (Å²) in [6.45, 7) is 12.0. The maximum atomic E-state index is 10.9. The molecule has 4 rings (SSSR count). The Balaban J connectivity index is 1.35. The van der Waals surface area contributed by atoms with E-state index in [9.17, 15) is 5.11 Å². The van der Waals surface area contributed by atoms with Crippen LogP contribution in [-0.2, 0) is 11.3 Å². The summed E-state index contributed by atoms with van der Waals surface area (Å²) in [5.74, 6) is 2.09. The van der Waals surface area contributed by atoms with E-state index < -0.39 is 0 Å². The molecule has 2 saturated carbocycles. The summed E-state index contributed by atoms with van der Waals surface area (Å²) < 4.78 is 7.41. The Morgan fingerprint density at radius 3 is 2.41 bits per heavy atom. The molecule has 0 radical (unpaired) electrons. The molecular formula is C24H38NO2+. The largest absolute Gasteiger partial charge is 0.385 e. The fourth-order valence-corrected chi connectivity index (χ4v) is 6.87. The van der Waals surface area contributed by atoms with Crippen molar-refractivity contribution >= 4 is 0 Å². The highest BCUT2D eigenvalue weighted by molar-refractivity contribution is 5.13. The van der Waals surface area contributed by atoms with Crippen LogP contribution in [0.2, 0.25) is 0 Å². The summed E-state index contributed by atoms with van der Waals surface area (Å²) in [5, 5.41) is 10.9. The van der Waals surface area contributed by atoms with Gasteiger partial charge < -0.3 is 14.3 Å². The minimum absolute atomic E-state index is 0.342. The molecule has 3 aliphatic rings. The number of likely N-dealkylation sites (tertiary alicyclic amines) is 1. The summed E-state index contributed by atoms with van der Waals surface area (Å²) in [6.07, 6.45) is 5.20. The van der Waals surface area contributed by atoms with Gasteiger partial charge in [0, 0.05) is 18.4 Å². The Hall–Kier alpha value is -0.900. The molecule has 1 N–H and O–H groups in total.